The molecule has 0 N–H and O–H groups in total. The lowest BCUT2D eigenvalue weighted by Gasteiger charge is -2.30. The van der Waals surface area contributed by atoms with Crippen molar-refractivity contribution in [3.8, 4) is 0 Å². The quantitative estimate of drug-likeness (QED) is 0.634. The van der Waals surface area contributed by atoms with Crippen molar-refractivity contribution in [2.24, 2.45) is 5.92 Å². The van der Waals surface area contributed by atoms with Gasteiger partial charge < -0.3 is 0 Å². The normalized spacial score (nSPS) is 25.5. The summed E-state index contributed by atoms with van der Waals surface area (Å²) in [7, 11) is 0. The molecule has 1 aliphatic carbocycles. The minimum atomic E-state index is 0.0832. The van der Waals surface area contributed by atoms with Crippen LogP contribution in [0.4, 0.5) is 0 Å². The second kappa shape index (κ2) is 3.33. The highest BCUT2D eigenvalue weighted by Gasteiger charge is 2.30. The summed E-state index contributed by atoms with van der Waals surface area (Å²) < 4.78 is 0.0832. The van der Waals surface area contributed by atoms with Gasteiger partial charge in [-0.1, -0.05) is 22.0 Å². The van der Waals surface area contributed by atoms with Crippen LogP contribution in [0, 0.1) is 5.92 Å². The van der Waals surface area contributed by atoms with E-state index >= 15 is 0 Å². The van der Waals surface area contributed by atoms with Gasteiger partial charge in [0.05, 0.1) is 0 Å². The summed E-state index contributed by atoms with van der Waals surface area (Å²) in [5.41, 5.74) is 0.933. The second-order valence-electron chi connectivity index (χ2n) is 4.01. The largest absolute Gasteiger partial charge is 0.295 e. The summed E-state index contributed by atoms with van der Waals surface area (Å²) in [4.78, 5) is 11.4. The van der Waals surface area contributed by atoms with Gasteiger partial charge in [-0.3, -0.25) is 4.79 Å². The lowest BCUT2D eigenvalue weighted by Crippen LogP contribution is -2.28. The molecule has 1 aliphatic rings. The minimum absolute atomic E-state index is 0.0832. The molecule has 0 heterocycles. The first-order chi connectivity index (χ1) is 5.41. The molecule has 0 aromatic carbocycles. The zero-order chi connectivity index (χ0) is 9.35. The van der Waals surface area contributed by atoms with E-state index in [2.05, 4.69) is 35.9 Å². The van der Waals surface area contributed by atoms with Crippen LogP contribution in [0.5, 0.6) is 0 Å². The maximum Gasteiger partial charge on any atom is 0.158 e. The second-order valence-corrected chi connectivity index (χ2v) is 6.06. The van der Waals surface area contributed by atoms with Crippen molar-refractivity contribution in [1.82, 2.24) is 0 Å². The highest BCUT2D eigenvalue weighted by Crippen LogP contribution is 2.35. The molecule has 0 fully saturated rings. The first-order valence-electron chi connectivity index (χ1n) is 4.30. The lowest BCUT2D eigenvalue weighted by molar-refractivity contribution is -0.117. The number of rotatable bonds is 1. The molecule has 1 rings (SSSR count). The fourth-order valence-corrected chi connectivity index (χ4v) is 1.77. The standard InChI is InChI=1S/C10H15BrO/c1-7-4-5-8(6-9(7)12)10(2,3)11/h4,8H,5-6H2,1-3H3. The maximum atomic E-state index is 11.4. The van der Waals surface area contributed by atoms with Gasteiger partial charge in [-0.15, -0.1) is 0 Å². The van der Waals surface area contributed by atoms with E-state index in [1.54, 1.807) is 0 Å². The molecule has 0 saturated heterocycles. The predicted molar refractivity (Wildman–Crippen MR) is 54.5 cm³/mol. The van der Waals surface area contributed by atoms with Crippen molar-refractivity contribution in [3.63, 3.8) is 0 Å². The first kappa shape index (κ1) is 9.97. The zero-order valence-corrected chi connectivity index (χ0v) is 9.44. The van der Waals surface area contributed by atoms with E-state index in [1.807, 2.05) is 6.92 Å². The summed E-state index contributed by atoms with van der Waals surface area (Å²) in [6.45, 7) is 6.15. The van der Waals surface area contributed by atoms with Gasteiger partial charge >= 0.3 is 0 Å². The Kier molecular flexibility index (Phi) is 2.77. The summed E-state index contributed by atoms with van der Waals surface area (Å²) in [6.07, 6.45) is 3.77. The van der Waals surface area contributed by atoms with Gasteiger partial charge in [0, 0.05) is 10.7 Å². The molecular weight excluding hydrogens is 216 g/mol. The van der Waals surface area contributed by atoms with Gasteiger partial charge in [0.15, 0.2) is 5.78 Å². The number of alkyl halides is 1. The average Bonchev–Trinajstić information content (AvgIpc) is 1.92. The molecule has 12 heavy (non-hydrogen) atoms. The monoisotopic (exact) mass is 230 g/mol. The van der Waals surface area contributed by atoms with E-state index in [4.69, 9.17) is 0 Å². The maximum absolute atomic E-state index is 11.4. The van der Waals surface area contributed by atoms with Gasteiger partial charge in [-0.05, 0) is 38.7 Å². The van der Waals surface area contributed by atoms with Crippen molar-refractivity contribution in [2.45, 2.75) is 37.9 Å². The lowest BCUT2D eigenvalue weighted by atomic mass is 9.82. The summed E-state index contributed by atoms with van der Waals surface area (Å²) in [6, 6.07) is 0. The van der Waals surface area contributed by atoms with Crippen LogP contribution >= 0.6 is 15.9 Å². The highest BCUT2D eigenvalue weighted by atomic mass is 79.9. The molecular formula is C10H15BrO. The summed E-state index contributed by atoms with van der Waals surface area (Å²) in [5, 5.41) is 0. The van der Waals surface area contributed by atoms with Crippen molar-refractivity contribution < 1.29 is 4.79 Å². The summed E-state index contributed by atoms with van der Waals surface area (Å²) in [5.74, 6) is 0.757. The molecule has 1 unspecified atom stereocenters. The smallest absolute Gasteiger partial charge is 0.158 e. The molecule has 0 radical (unpaired) electrons. The molecule has 0 aromatic rings. The van der Waals surface area contributed by atoms with Crippen LogP contribution in [-0.2, 0) is 4.79 Å². The van der Waals surface area contributed by atoms with Crippen molar-refractivity contribution >= 4 is 21.7 Å². The topological polar surface area (TPSA) is 17.1 Å². The van der Waals surface area contributed by atoms with Crippen molar-refractivity contribution in [3.05, 3.63) is 11.6 Å². The number of carbonyl (C=O) groups is 1. The molecule has 1 nitrogen and oxygen atoms in total. The van der Waals surface area contributed by atoms with E-state index in [9.17, 15) is 4.79 Å². The van der Waals surface area contributed by atoms with Gasteiger partial charge in [-0.25, -0.2) is 0 Å². The van der Waals surface area contributed by atoms with Crippen molar-refractivity contribution in [1.29, 1.82) is 0 Å². The molecule has 0 amide bonds. The number of halogens is 1. The van der Waals surface area contributed by atoms with E-state index in [0.29, 0.717) is 18.1 Å². The Morgan fingerprint density at radius 2 is 2.17 bits per heavy atom. The Balaban J connectivity index is 2.72. The van der Waals surface area contributed by atoms with Gasteiger partial charge in [0.25, 0.3) is 0 Å². The first-order valence-corrected chi connectivity index (χ1v) is 5.09. The molecule has 0 saturated carbocycles. The Hall–Kier alpha value is -0.110. The zero-order valence-electron chi connectivity index (χ0n) is 7.86. The fraction of sp³-hybridized carbons (Fsp3) is 0.700. The predicted octanol–water partition coefficient (Wildman–Crippen LogP) is 3.09. The number of hydrogen-bond acceptors (Lipinski definition) is 1. The van der Waals surface area contributed by atoms with E-state index < -0.39 is 0 Å². The number of hydrogen-bond donors (Lipinski definition) is 0. The van der Waals surface area contributed by atoms with Crippen LogP contribution < -0.4 is 0 Å². The Labute approximate surface area is 82.4 Å². The number of allylic oxidation sites excluding steroid dienone is 2. The number of ketones is 1. The number of Topliss-reactive ketones (excluding diaryl/α,β-unsaturated/α-hetero) is 1. The van der Waals surface area contributed by atoms with E-state index in [1.165, 1.54) is 0 Å². The van der Waals surface area contributed by atoms with Crippen LogP contribution in [-0.4, -0.2) is 10.1 Å². The van der Waals surface area contributed by atoms with Gasteiger partial charge in [0.2, 0.25) is 0 Å². The van der Waals surface area contributed by atoms with Crippen LogP contribution in [0.2, 0.25) is 0 Å². The third-order valence-electron chi connectivity index (χ3n) is 2.55. The van der Waals surface area contributed by atoms with Crippen LogP contribution in [0.1, 0.15) is 33.6 Å². The molecule has 0 spiro atoms. The van der Waals surface area contributed by atoms with E-state index in [-0.39, 0.29) is 4.32 Å². The van der Waals surface area contributed by atoms with Crippen LogP contribution in [0.25, 0.3) is 0 Å². The fourth-order valence-electron chi connectivity index (χ4n) is 1.42. The van der Waals surface area contributed by atoms with E-state index in [0.717, 1.165) is 12.0 Å². The molecule has 0 aromatic heterocycles. The third kappa shape index (κ3) is 2.19. The number of carbonyl (C=O) groups excluding carboxylic acids is 1. The minimum Gasteiger partial charge on any atom is -0.295 e. The Morgan fingerprint density at radius 3 is 2.58 bits per heavy atom. The highest BCUT2D eigenvalue weighted by molar-refractivity contribution is 9.10. The van der Waals surface area contributed by atoms with Crippen LogP contribution in [0.3, 0.4) is 0 Å². The molecule has 0 bridgehead atoms. The molecule has 68 valence electrons. The van der Waals surface area contributed by atoms with Crippen LogP contribution in [0.15, 0.2) is 11.6 Å². The third-order valence-corrected chi connectivity index (χ3v) is 3.20. The molecule has 2 heteroatoms. The Bertz CT molecular complexity index is 222. The van der Waals surface area contributed by atoms with Crippen molar-refractivity contribution in [2.75, 3.05) is 0 Å². The van der Waals surface area contributed by atoms with Gasteiger partial charge in [0.1, 0.15) is 0 Å². The average molecular weight is 231 g/mol. The van der Waals surface area contributed by atoms with Gasteiger partial charge in [-0.2, -0.15) is 0 Å². The summed E-state index contributed by atoms with van der Waals surface area (Å²) >= 11 is 3.61. The molecule has 0 aliphatic heterocycles. The Morgan fingerprint density at radius 1 is 1.58 bits per heavy atom. The SMILES string of the molecule is CC1=CCC(C(C)(C)Br)CC1=O. The molecule has 1 atom stereocenters.